The summed E-state index contributed by atoms with van der Waals surface area (Å²) in [5.41, 5.74) is 0.316. The molecule has 190 valence electrons. The van der Waals surface area contributed by atoms with Crippen molar-refractivity contribution < 1.29 is 52.5 Å². The van der Waals surface area contributed by atoms with E-state index in [-0.39, 0.29) is 68.6 Å². The van der Waals surface area contributed by atoms with Gasteiger partial charge in [0.2, 0.25) is 34.5 Å². The molecule has 0 aliphatic carbocycles. The van der Waals surface area contributed by atoms with E-state index in [2.05, 4.69) is 0 Å². The summed E-state index contributed by atoms with van der Waals surface area (Å²) in [6.07, 6.45) is -1.47. The summed E-state index contributed by atoms with van der Waals surface area (Å²) in [5, 5.41) is 11.8. The molecule has 0 bridgehead atoms. The smallest absolute Gasteiger partial charge is 0.211 e. The Hall–Kier alpha value is -3.60. The van der Waals surface area contributed by atoms with Gasteiger partial charge in [-0.1, -0.05) is 0 Å². The van der Waals surface area contributed by atoms with E-state index in [9.17, 15) is 5.11 Å². The third kappa shape index (κ3) is 4.07. The molecule has 0 amide bonds. The second-order valence-corrected chi connectivity index (χ2v) is 6.56. The summed E-state index contributed by atoms with van der Waals surface area (Å²) in [5.74, 6) is 1.74. The molecule has 0 aliphatic heterocycles. The van der Waals surface area contributed by atoms with Crippen molar-refractivity contribution in [3.8, 4) is 57.5 Å². The van der Waals surface area contributed by atoms with Crippen LogP contribution in [-0.2, 0) is 0 Å². The van der Waals surface area contributed by atoms with Crippen molar-refractivity contribution in [3.63, 3.8) is 0 Å². The number of hydrogen-bond acceptors (Lipinski definition) is 11. The van der Waals surface area contributed by atoms with Gasteiger partial charge in [0.25, 0.3) is 0 Å². The van der Waals surface area contributed by atoms with Crippen molar-refractivity contribution in [2.75, 3.05) is 71.1 Å². The van der Waals surface area contributed by atoms with Crippen molar-refractivity contribution in [1.82, 2.24) is 0 Å². The Kier molecular flexibility index (Phi) is 9.02. The van der Waals surface area contributed by atoms with Gasteiger partial charge >= 0.3 is 0 Å². The molecule has 0 atom stereocenters. The molecule has 0 saturated heterocycles. The summed E-state index contributed by atoms with van der Waals surface area (Å²) in [6, 6.07) is 0. The largest absolute Gasteiger partial charge is 0.492 e. The fourth-order valence-corrected chi connectivity index (χ4v) is 3.88. The summed E-state index contributed by atoms with van der Waals surface area (Å²) >= 11 is 0. The molecule has 0 radical (unpaired) electrons. The van der Waals surface area contributed by atoms with Crippen molar-refractivity contribution in [2.24, 2.45) is 0 Å². The quantitative estimate of drug-likeness (QED) is 0.480. The van der Waals surface area contributed by atoms with Crippen LogP contribution in [0.25, 0.3) is 0 Å². The van der Waals surface area contributed by atoms with E-state index in [1.807, 2.05) is 0 Å². The van der Waals surface area contributed by atoms with Crippen LogP contribution in [0.5, 0.6) is 57.5 Å². The number of hydrogen-bond donors (Lipinski definition) is 1. The molecule has 11 nitrogen and oxygen atoms in total. The van der Waals surface area contributed by atoms with Gasteiger partial charge in [-0.05, 0) is 0 Å². The van der Waals surface area contributed by atoms with Crippen molar-refractivity contribution in [1.29, 1.82) is 0 Å². The van der Waals surface area contributed by atoms with Gasteiger partial charge in [-0.15, -0.1) is 0 Å². The molecule has 0 heterocycles. The highest BCUT2D eigenvalue weighted by atomic mass is 16.6. The molecule has 0 aliphatic rings. The third-order valence-electron chi connectivity index (χ3n) is 5.22. The number of aliphatic hydroxyl groups excluding tert-OH is 1. The van der Waals surface area contributed by atoms with Gasteiger partial charge in [0, 0.05) is 0 Å². The first kappa shape index (κ1) is 26.7. The maximum atomic E-state index is 11.8. The molecule has 34 heavy (non-hydrogen) atoms. The fourth-order valence-electron chi connectivity index (χ4n) is 3.88. The molecular weight excluding hydrogens is 452 g/mol. The van der Waals surface area contributed by atoms with Crippen molar-refractivity contribution in [3.05, 3.63) is 11.1 Å². The molecule has 0 saturated carbocycles. The van der Waals surface area contributed by atoms with Crippen LogP contribution in [0, 0.1) is 0 Å². The first-order valence-corrected chi connectivity index (χ1v) is 9.96. The van der Waals surface area contributed by atoms with Gasteiger partial charge in [-0.2, -0.15) is 0 Å². The maximum absolute atomic E-state index is 11.8. The monoisotopic (exact) mass is 484 g/mol. The predicted molar refractivity (Wildman–Crippen MR) is 122 cm³/mol. The lowest BCUT2D eigenvalue weighted by Crippen LogP contribution is -2.13. The molecule has 0 aromatic heterocycles. The highest BCUT2D eigenvalue weighted by molar-refractivity contribution is 5.76. The molecule has 2 aromatic carbocycles. The van der Waals surface area contributed by atoms with E-state index in [4.69, 9.17) is 47.4 Å². The van der Waals surface area contributed by atoms with E-state index in [0.717, 1.165) is 0 Å². The van der Waals surface area contributed by atoms with Crippen molar-refractivity contribution >= 4 is 0 Å². The van der Waals surface area contributed by atoms with Crippen LogP contribution in [0.2, 0.25) is 0 Å². The number of rotatable bonds is 12. The zero-order valence-electron chi connectivity index (χ0n) is 21.1. The average Bonchev–Trinajstić information content (AvgIpc) is 2.88. The average molecular weight is 484 g/mol. The van der Waals surface area contributed by atoms with Crippen LogP contribution in [0.3, 0.4) is 0 Å². The molecule has 2 rings (SSSR count). The fraction of sp³-hybridized carbons (Fsp3) is 0.478. The Morgan fingerprint density at radius 1 is 0.324 bits per heavy atom. The highest BCUT2D eigenvalue weighted by Crippen LogP contribution is 2.60. The molecule has 2 aromatic rings. The predicted octanol–water partition coefficient (Wildman–Crippen LogP) is 2.85. The normalized spacial score (nSPS) is 10.5. The number of aliphatic hydroxyl groups is 1. The SMILES string of the molecule is COc1c(OC)c(OC)c(C(O)c2c(OC)c(OC)c(OC)c(OC)c2OC)c(OC)c1OC. The number of methoxy groups -OCH3 is 10. The van der Waals surface area contributed by atoms with Gasteiger partial charge in [-0.3, -0.25) is 0 Å². The first-order chi connectivity index (χ1) is 16.4. The molecule has 0 unspecified atom stereocenters. The van der Waals surface area contributed by atoms with E-state index in [0.29, 0.717) is 0 Å². The molecule has 0 fully saturated rings. The second kappa shape index (κ2) is 11.5. The lowest BCUT2D eigenvalue weighted by atomic mass is 9.95. The first-order valence-electron chi connectivity index (χ1n) is 9.96. The summed E-state index contributed by atoms with van der Waals surface area (Å²) < 4.78 is 55.6. The summed E-state index contributed by atoms with van der Waals surface area (Å²) in [7, 11) is 14.3. The van der Waals surface area contributed by atoms with Crippen LogP contribution in [0.15, 0.2) is 0 Å². The summed E-state index contributed by atoms with van der Waals surface area (Å²) in [4.78, 5) is 0. The van der Waals surface area contributed by atoms with Crippen LogP contribution in [-0.4, -0.2) is 76.2 Å². The Morgan fingerprint density at radius 3 is 0.618 bits per heavy atom. The van der Waals surface area contributed by atoms with E-state index < -0.39 is 6.10 Å². The van der Waals surface area contributed by atoms with Gasteiger partial charge in [0.15, 0.2) is 23.0 Å². The number of benzene rings is 2. The minimum Gasteiger partial charge on any atom is -0.492 e. The minimum absolute atomic E-state index is 0.141. The van der Waals surface area contributed by atoms with E-state index in [1.54, 1.807) is 0 Å². The van der Waals surface area contributed by atoms with Gasteiger partial charge in [-0.25, -0.2) is 0 Å². The van der Waals surface area contributed by atoms with Gasteiger partial charge in [0.1, 0.15) is 6.10 Å². The van der Waals surface area contributed by atoms with Crippen LogP contribution < -0.4 is 47.4 Å². The Labute approximate surface area is 198 Å². The van der Waals surface area contributed by atoms with Crippen LogP contribution in [0.4, 0.5) is 0 Å². The zero-order valence-corrected chi connectivity index (χ0v) is 21.1. The minimum atomic E-state index is -1.47. The van der Waals surface area contributed by atoms with Gasteiger partial charge < -0.3 is 52.5 Å². The Morgan fingerprint density at radius 2 is 0.471 bits per heavy atom. The molecule has 1 N–H and O–H groups in total. The zero-order chi connectivity index (χ0) is 25.6. The van der Waals surface area contributed by atoms with Gasteiger partial charge in [0.05, 0.1) is 82.2 Å². The van der Waals surface area contributed by atoms with Crippen LogP contribution >= 0.6 is 0 Å². The van der Waals surface area contributed by atoms with E-state index >= 15 is 0 Å². The topological polar surface area (TPSA) is 113 Å². The molecular formula is C23H32O11. The van der Waals surface area contributed by atoms with E-state index in [1.165, 1.54) is 71.1 Å². The maximum Gasteiger partial charge on any atom is 0.211 e. The Bertz CT molecular complexity index is 858. The van der Waals surface area contributed by atoms with Crippen LogP contribution in [0.1, 0.15) is 17.2 Å². The highest BCUT2D eigenvalue weighted by Gasteiger charge is 2.38. The number of ether oxygens (including phenoxy) is 10. The molecule has 11 heteroatoms. The Balaban J connectivity index is 3.12. The standard InChI is InChI=1S/C23H32O11/c1-25-14-11(15(26-2)19(30-6)22(33-9)18(14)29-5)13(24)12-16(27-3)20(31-7)23(34-10)21(32-8)17(12)28-4/h13,24H,1-10H3. The van der Waals surface area contributed by atoms with Crippen molar-refractivity contribution in [2.45, 2.75) is 6.10 Å². The summed E-state index contributed by atoms with van der Waals surface area (Å²) in [6.45, 7) is 0. The third-order valence-corrected chi connectivity index (χ3v) is 5.22. The molecule has 0 spiro atoms. The lowest BCUT2D eigenvalue weighted by molar-refractivity contribution is 0.189. The second-order valence-electron chi connectivity index (χ2n) is 6.56. The lowest BCUT2D eigenvalue weighted by Gasteiger charge is -2.27.